The molecule has 0 unspecified atom stereocenters. The average molecular weight is 308 g/mol. The molecule has 104 valence electrons. The largest absolute Gasteiger partial charge is 0.481 e. The number of rotatable bonds is 3. The number of carboxylic acids is 1. The molecule has 1 saturated heterocycles. The zero-order valence-corrected chi connectivity index (χ0v) is 11.3. The van der Waals surface area contributed by atoms with E-state index in [1.54, 1.807) is 0 Å². The van der Waals surface area contributed by atoms with Crippen LogP contribution in [0.3, 0.4) is 0 Å². The Balaban J connectivity index is 2.31. The van der Waals surface area contributed by atoms with Gasteiger partial charge in [0.2, 0.25) is 10.0 Å². The van der Waals surface area contributed by atoms with Crippen molar-refractivity contribution in [2.75, 3.05) is 13.1 Å². The number of sulfonamides is 1. The zero-order valence-electron chi connectivity index (χ0n) is 9.71. The second-order valence-corrected chi connectivity index (χ2v) is 6.60. The second kappa shape index (κ2) is 5.07. The minimum atomic E-state index is -4.02. The molecule has 1 aromatic rings. The number of carbonyl (C=O) groups is 1. The summed E-state index contributed by atoms with van der Waals surface area (Å²) in [5.74, 6) is -2.73. The lowest BCUT2D eigenvalue weighted by atomic mass is 10.1. The van der Waals surface area contributed by atoms with Gasteiger partial charge >= 0.3 is 5.97 Å². The summed E-state index contributed by atoms with van der Waals surface area (Å²) in [6, 6.07) is 3.28. The summed E-state index contributed by atoms with van der Waals surface area (Å²) in [6.07, 6.45) is 0.226. The first-order chi connectivity index (χ1) is 8.82. The highest BCUT2D eigenvalue weighted by Gasteiger charge is 2.36. The minimum absolute atomic E-state index is 0.0708. The molecule has 0 aromatic heterocycles. The van der Waals surface area contributed by atoms with Gasteiger partial charge in [0.05, 0.1) is 5.92 Å². The smallest absolute Gasteiger partial charge is 0.307 e. The molecule has 2 rings (SSSR count). The fourth-order valence-electron chi connectivity index (χ4n) is 1.97. The van der Waals surface area contributed by atoms with Gasteiger partial charge in [0.1, 0.15) is 10.7 Å². The van der Waals surface area contributed by atoms with Gasteiger partial charge in [-0.2, -0.15) is 4.31 Å². The highest BCUT2D eigenvalue weighted by molar-refractivity contribution is 7.89. The third-order valence-corrected chi connectivity index (χ3v) is 5.15. The first-order valence-corrected chi connectivity index (χ1v) is 7.32. The van der Waals surface area contributed by atoms with Gasteiger partial charge in [-0.15, -0.1) is 0 Å². The number of aliphatic carboxylic acids is 1. The van der Waals surface area contributed by atoms with Crippen LogP contribution in [0.25, 0.3) is 0 Å². The van der Waals surface area contributed by atoms with Gasteiger partial charge in [-0.05, 0) is 24.6 Å². The van der Waals surface area contributed by atoms with Crippen LogP contribution in [0.2, 0.25) is 5.02 Å². The Morgan fingerprint density at radius 3 is 2.68 bits per heavy atom. The molecule has 1 aliphatic heterocycles. The molecule has 1 aromatic carbocycles. The van der Waals surface area contributed by atoms with Crippen molar-refractivity contribution in [2.24, 2.45) is 5.92 Å². The number of hydrogen-bond acceptors (Lipinski definition) is 3. The van der Waals surface area contributed by atoms with Crippen molar-refractivity contribution in [1.29, 1.82) is 0 Å². The monoisotopic (exact) mass is 307 g/mol. The van der Waals surface area contributed by atoms with Crippen LogP contribution in [-0.4, -0.2) is 36.9 Å². The van der Waals surface area contributed by atoms with Gasteiger partial charge in [-0.1, -0.05) is 11.6 Å². The lowest BCUT2D eigenvalue weighted by Crippen LogP contribution is -2.30. The SMILES string of the molecule is O=C(O)[C@H]1CCN(S(=O)(=O)c2ccc(Cl)cc2F)C1. The summed E-state index contributed by atoms with van der Waals surface area (Å²) in [4.78, 5) is 10.3. The maximum Gasteiger partial charge on any atom is 0.307 e. The van der Waals surface area contributed by atoms with E-state index in [-0.39, 0.29) is 24.5 Å². The maximum absolute atomic E-state index is 13.6. The Kier molecular flexibility index (Phi) is 3.80. The molecule has 1 heterocycles. The van der Waals surface area contributed by atoms with Crippen molar-refractivity contribution >= 4 is 27.6 Å². The molecule has 1 N–H and O–H groups in total. The number of carboxylic acid groups (broad SMARTS) is 1. The molecular formula is C11H11ClFNO4S. The molecule has 0 saturated carbocycles. The Labute approximate surface area is 114 Å². The van der Waals surface area contributed by atoms with E-state index in [2.05, 4.69) is 0 Å². The summed E-state index contributed by atoms with van der Waals surface area (Å²) in [5, 5.41) is 8.94. The van der Waals surface area contributed by atoms with E-state index >= 15 is 0 Å². The molecule has 0 aliphatic carbocycles. The number of hydrogen-bond donors (Lipinski definition) is 1. The highest BCUT2D eigenvalue weighted by Crippen LogP contribution is 2.27. The Morgan fingerprint density at radius 1 is 1.47 bits per heavy atom. The minimum Gasteiger partial charge on any atom is -0.481 e. The van der Waals surface area contributed by atoms with E-state index in [1.807, 2.05) is 0 Å². The predicted octanol–water partition coefficient (Wildman–Crippen LogP) is 1.57. The molecule has 1 fully saturated rings. The second-order valence-electron chi connectivity index (χ2n) is 4.26. The van der Waals surface area contributed by atoms with Crippen LogP contribution in [0, 0.1) is 11.7 Å². The van der Waals surface area contributed by atoms with Crippen molar-refractivity contribution in [3.63, 3.8) is 0 Å². The molecule has 1 aliphatic rings. The first-order valence-electron chi connectivity index (χ1n) is 5.50. The van der Waals surface area contributed by atoms with Crippen molar-refractivity contribution in [3.8, 4) is 0 Å². The average Bonchev–Trinajstić information content (AvgIpc) is 2.78. The quantitative estimate of drug-likeness (QED) is 0.920. The van der Waals surface area contributed by atoms with Gasteiger partial charge in [-0.3, -0.25) is 4.79 Å². The van der Waals surface area contributed by atoms with Crippen molar-refractivity contribution in [2.45, 2.75) is 11.3 Å². The van der Waals surface area contributed by atoms with E-state index in [4.69, 9.17) is 16.7 Å². The third kappa shape index (κ3) is 2.72. The summed E-state index contributed by atoms with van der Waals surface area (Å²) >= 11 is 5.57. The predicted molar refractivity (Wildman–Crippen MR) is 65.9 cm³/mol. The van der Waals surface area contributed by atoms with E-state index in [0.29, 0.717) is 0 Å². The van der Waals surface area contributed by atoms with Crippen LogP contribution in [0.5, 0.6) is 0 Å². The van der Waals surface area contributed by atoms with Gasteiger partial charge < -0.3 is 5.11 Å². The van der Waals surface area contributed by atoms with E-state index in [0.717, 1.165) is 16.4 Å². The Bertz CT molecular complexity index is 619. The Morgan fingerprint density at radius 2 is 2.16 bits per heavy atom. The fourth-order valence-corrected chi connectivity index (χ4v) is 3.68. The van der Waals surface area contributed by atoms with Gasteiger partial charge in [0, 0.05) is 18.1 Å². The molecule has 1 atom stereocenters. The first kappa shape index (κ1) is 14.2. The molecule has 0 bridgehead atoms. The van der Waals surface area contributed by atoms with Gasteiger partial charge in [0.25, 0.3) is 0 Å². The molecule has 5 nitrogen and oxygen atoms in total. The van der Waals surface area contributed by atoms with Crippen LogP contribution in [0.1, 0.15) is 6.42 Å². The lowest BCUT2D eigenvalue weighted by Gasteiger charge is -2.16. The number of nitrogens with zero attached hydrogens (tertiary/aromatic N) is 1. The summed E-state index contributed by atoms with van der Waals surface area (Å²) in [7, 11) is -4.02. The molecule has 0 radical (unpaired) electrons. The maximum atomic E-state index is 13.6. The summed E-state index contributed by atoms with van der Waals surface area (Å²) in [6.45, 7) is -0.0684. The van der Waals surface area contributed by atoms with Gasteiger partial charge in [-0.25, -0.2) is 12.8 Å². The topological polar surface area (TPSA) is 74.7 Å². The van der Waals surface area contributed by atoms with Crippen LogP contribution in [-0.2, 0) is 14.8 Å². The Hall–Kier alpha value is -1.18. The highest BCUT2D eigenvalue weighted by atomic mass is 35.5. The van der Waals surface area contributed by atoms with Gasteiger partial charge in [0.15, 0.2) is 0 Å². The third-order valence-electron chi connectivity index (χ3n) is 3.01. The number of benzene rings is 1. The molecular weight excluding hydrogens is 297 g/mol. The molecule has 0 amide bonds. The molecule has 0 spiro atoms. The lowest BCUT2D eigenvalue weighted by molar-refractivity contribution is -0.141. The van der Waals surface area contributed by atoms with E-state index in [9.17, 15) is 17.6 Å². The number of halogens is 2. The molecule has 19 heavy (non-hydrogen) atoms. The van der Waals surface area contributed by atoms with Crippen LogP contribution in [0.15, 0.2) is 23.1 Å². The van der Waals surface area contributed by atoms with Crippen molar-refractivity contribution in [1.82, 2.24) is 4.31 Å². The van der Waals surface area contributed by atoms with E-state index < -0.39 is 32.6 Å². The normalized spacial score (nSPS) is 20.6. The van der Waals surface area contributed by atoms with Crippen LogP contribution >= 0.6 is 11.6 Å². The summed E-state index contributed by atoms with van der Waals surface area (Å²) in [5.41, 5.74) is 0. The van der Waals surface area contributed by atoms with Crippen LogP contribution in [0.4, 0.5) is 4.39 Å². The van der Waals surface area contributed by atoms with Crippen molar-refractivity contribution < 1.29 is 22.7 Å². The molecule has 8 heteroatoms. The fraction of sp³-hybridized carbons (Fsp3) is 0.364. The van der Waals surface area contributed by atoms with E-state index in [1.165, 1.54) is 6.07 Å². The summed E-state index contributed by atoms with van der Waals surface area (Å²) < 4.78 is 39.0. The van der Waals surface area contributed by atoms with Crippen molar-refractivity contribution in [3.05, 3.63) is 29.0 Å². The van der Waals surface area contributed by atoms with Crippen LogP contribution < -0.4 is 0 Å². The zero-order chi connectivity index (χ0) is 14.2. The standard InChI is InChI=1S/C11H11ClFNO4S/c12-8-1-2-10(9(13)5-8)19(17,18)14-4-3-7(6-14)11(15)16/h1-2,5,7H,3-4,6H2,(H,15,16)/t7-/m0/s1.